The van der Waals surface area contributed by atoms with Gasteiger partial charge < -0.3 is 0 Å². The lowest BCUT2D eigenvalue weighted by Crippen LogP contribution is -2.04. The van der Waals surface area contributed by atoms with Gasteiger partial charge in [-0.05, 0) is 24.6 Å². The maximum Gasteiger partial charge on any atom is 0.288 e. The molecule has 0 spiro atoms. The van der Waals surface area contributed by atoms with Crippen molar-refractivity contribution in [2.75, 3.05) is 0 Å². The van der Waals surface area contributed by atoms with Crippen LogP contribution in [0.2, 0.25) is 0 Å². The van der Waals surface area contributed by atoms with Crippen LogP contribution in [0.3, 0.4) is 0 Å². The van der Waals surface area contributed by atoms with Gasteiger partial charge in [0.25, 0.3) is 5.76 Å². The molecule has 0 bridgehead atoms. The molecule has 0 aliphatic heterocycles. The second-order valence-electron chi connectivity index (χ2n) is 5.03. The summed E-state index contributed by atoms with van der Waals surface area (Å²) >= 11 is 0.549. The Morgan fingerprint density at radius 3 is 2.39 bits per heavy atom. The molecule has 1 heterocycles. The van der Waals surface area contributed by atoms with Crippen LogP contribution in [0.25, 0.3) is 11.4 Å². The highest BCUT2D eigenvalue weighted by Crippen LogP contribution is 2.25. The number of hydrogen-bond acceptors (Lipinski definition) is 3. The van der Waals surface area contributed by atoms with Crippen molar-refractivity contribution in [3.63, 3.8) is 0 Å². The normalized spacial score (nSPS) is 11.1. The predicted octanol–water partition coefficient (Wildman–Crippen LogP) is 4.62. The van der Waals surface area contributed by atoms with Gasteiger partial charge in [0.1, 0.15) is 5.82 Å². The summed E-state index contributed by atoms with van der Waals surface area (Å²) in [7, 11) is 0. The quantitative estimate of drug-likeness (QED) is 0.639. The van der Waals surface area contributed by atoms with Crippen molar-refractivity contribution in [2.45, 2.75) is 24.1 Å². The van der Waals surface area contributed by atoms with Crippen molar-refractivity contribution in [3.8, 4) is 11.4 Å². The summed E-state index contributed by atoms with van der Waals surface area (Å²) in [4.78, 5) is 5.04. The Hall–Kier alpha value is -2.21. The van der Waals surface area contributed by atoms with Gasteiger partial charge in [-0.3, -0.25) is 0 Å². The van der Waals surface area contributed by atoms with E-state index in [4.69, 9.17) is 0 Å². The molecule has 0 aliphatic carbocycles. The van der Waals surface area contributed by atoms with Gasteiger partial charge in [-0.15, -0.1) is 0 Å². The lowest BCUT2D eigenvalue weighted by Gasteiger charge is -2.07. The van der Waals surface area contributed by atoms with E-state index in [1.54, 1.807) is 12.1 Å². The van der Waals surface area contributed by atoms with Crippen LogP contribution in [0.1, 0.15) is 11.4 Å². The summed E-state index contributed by atoms with van der Waals surface area (Å²) in [6.45, 7) is 2.40. The zero-order chi connectivity index (χ0) is 16.2. The summed E-state index contributed by atoms with van der Waals surface area (Å²) in [6, 6.07) is 16.9. The van der Waals surface area contributed by atoms with E-state index in [2.05, 4.69) is 10.1 Å². The zero-order valence-corrected chi connectivity index (χ0v) is 13.3. The number of alkyl halides is 2. The van der Waals surface area contributed by atoms with Crippen LogP contribution in [0, 0.1) is 6.92 Å². The first-order chi connectivity index (χ1) is 11.1. The third kappa shape index (κ3) is 3.96. The Morgan fingerprint density at radius 1 is 1.04 bits per heavy atom. The van der Waals surface area contributed by atoms with Crippen LogP contribution in [-0.2, 0) is 6.54 Å². The first-order valence-corrected chi connectivity index (χ1v) is 8.00. The second-order valence-corrected chi connectivity index (χ2v) is 6.09. The van der Waals surface area contributed by atoms with E-state index in [9.17, 15) is 8.78 Å². The van der Waals surface area contributed by atoms with Gasteiger partial charge in [-0.1, -0.05) is 54.2 Å². The molecule has 6 heteroatoms. The number of hydrogen-bond donors (Lipinski definition) is 0. The van der Waals surface area contributed by atoms with Gasteiger partial charge in [-0.25, -0.2) is 9.67 Å². The molecule has 118 valence electrons. The minimum atomic E-state index is -2.40. The first kappa shape index (κ1) is 15.7. The molecule has 0 unspecified atom stereocenters. The molecule has 2 aromatic carbocycles. The van der Waals surface area contributed by atoms with Gasteiger partial charge in [0.05, 0.1) is 6.54 Å². The van der Waals surface area contributed by atoms with Gasteiger partial charge >= 0.3 is 0 Å². The Bertz CT molecular complexity index is 770. The van der Waals surface area contributed by atoms with E-state index in [-0.39, 0.29) is 0 Å². The molecule has 0 fully saturated rings. The van der Waals surface area contributed by atoms with Gasteiger partial charge in [0.2, 0.25) is 0 Å². The lowest BCUT2D eigenvalue weighted by atomic mass is 10.2. The SMILES string of the molecule is Cc1nc(-c2ccccc2)n(Cc2ccc(SC(F)F)cc2)n1. The maximum atomic E-state index is 12.4. The van der Waals surface area contributed by atoms with Crippen molar-refractivity contribution in [2.24, 2.45) is 0 Å². The second kappa shape index (κ2) is 6.91. The Balaban J connectivity index is 1.83. The third-order valence-corrected chi connectivity index (χ3v) is 4.01. The molecule has 23 heavy (non-hydrogen) atoms. The summed E-state index contributed by atoms with van der Waals surface area (Å²) in [5.74, 6) is -0.897. The smallest absolute Gasteiger partial charge is 0.241 e. The number of halogens is 2. The van der Waals surface area contributed by atoms with E-state index in [0.29, 0.717) is 29.0 Å². The Labute approximate surface area is 137 Å². The van der Waals surface area contributed by atoms with E-state index >= 15 is 0 Å². The van der Waals surface area contributed by atoms with Gasteiger partial charge in [0.15, 0.2) is 5.82 Å². The molecule has 0 amide bonds. The molecular weight excluding hydrogens is 316 g/mol. The fourth-order valence-corrected chi connectivity index (χ4v) is 2.81. The molecular formula is C17H15F2N3S. The summed E-state index contributed by atoms with van der Waals surface area (Å²) in [5.41, 5.74) is 1.99. The highest BCUT2D eigenvalue weighted by atomic mass is 32.2. The number of rotatable bonds is 5. The van der Waals surface area contributed by atoms with Crippen molar-refractivity contribution in [3.05, 3.63) is 66.0 Å². The molecule has 0 aliphatic rings. The first-order valence-electron chi connectivity index (χ1n) is 7.12. The van der Waals surface area contributed by atoms with Gasteiger partial charge in [0, 0.05) is 10.5 Å². The monoisotopic (exact) mass is 331 g/mol. The number of aryl methyl sites for hydroxylation is 1. The van der Waals surface area contributed by atoms with Crippen LogP contribution in [-0.4, -0.2) is 20.5 Å². The fraction of sp³-hybridized carbons (Fsp3) is 0.176. The molecule has 3 rings (SSSR count). The molecule has 0 saturated heterocycles. The van der Waals surface area contributed by atoms with Crippen molar-refractivity contribution in [1.29, 1.82) is 0 Å². The highest BCUT2D eigenvalue weighted by molar-refractivity contribution is 7.99. The van der Waals surface area contributed by atoms with Gasteiger partial charge in [-0.2, -0.15) is 13.9 Å². The fourth-order valence-electron chi connectivity index (χ4n) is 2.32. The summed E-state index contributed by atoms with van der Waals surface area (Å²) in [5, 5.41) is 4.43. The van der Waals surface area contributed by atoms with E-state index in [0.717, 1.165) is 17.0 Å². The largest absolute Gasteiger partial charge is 0.288 e. The van der Waals surface area contributed by atoms with E-state index in [1.807, 2.05) is 54.1 Å². The molecule has 0 N–H and O–H groups in total. The van der Waals surface area contributed by atoms with Crippen molar-refractivity contribution < 1.29 is 8.78 Å². The van der Waals surface area contributed by atoms with Crippen LogP contribution in [0.4, 0.5) is 8.78 Å². The van der Waals surface area contributed by atoms with Crippen LogP contribution in [0.5, 0.6) is 0 Å². The summed E-state index contributed by atoms with van der Waals surface area (Å²) in [6.07, 6.45) is 0. The van der Waals surface area contributed by atoms with Crippen LogP contribution in [0.15, 0.2) is 59.5 Å². The average Bonchev–Trinajstić information content (AvgIpc) is 2.90. The summed E-state index contributed by atoms with van der Waals surface area (Å²) < 4.78 is 26.5. The molecule has 0 saturated carbocycles. The van der Waals surface area contributed by atoms with Crippen LogP contribution < -0.4 is 0 Å². The highest BCUT2D eigenvalue weighted by Gasteiger charge is 2.10. The number of nitrogens with zero attached hydrogens (tertiary/aromatic N) is 3. The molecule has 0 atom stereocenters. The molecule has 3 aromatic rings. The Morgan fingerprint density at radius 2 is 1.74 bits per heavy atom. The minimum absolute atomic E-state index is 0.546. The topological polar surface area (TPSA) is 30.7 Å². The standard InChI is InChI=1S/C17H15F2N3S/c1-12-20-16(14-5-3-2-4-6-14)22(21-12)11-13-7-9-15(10-8-13)23-17(18)19/h2-10,17H,11H2,1H3. The number of aromatic nitrogens is 3. The van der Waals surface area contributed by atoms with E-state index in [1.165, 1.54) is 0 Å². The van der Waals surface area contributed by atoms with E-state index < -0.39 is 5.76 Å². The average molecular weight is 331 g/mol. The Kier molecular flexibility index (Phi) is 4.71. The minimum Gasteiger partial charge on any atom is -0.241 e. The number of thioether (sulfide) groups is 1. The molecule has 0 radical (unpaired) electrons. The van der Waals surface area contributed by atoms with Crippen LogP contribution >= 0.6 is 11.8 Å². The molecule has 3 nitrogen and oxygen atoms in total. The predicted molar refractivity (Wildman–Crippen MR) is 87.6 cm³/mol. The van der Waals surface area contributed by atoms with Crippen molar-refractivity contribution >= 4 is 11.8 Å². The third-order valence-electron chi connectivity index (χ3n) is 3.29. The lowest BCUT2D eigenvalue weighted by molar-refractivity contribution is 0.252. The number of benzene rings is 2. The molecule has 1 aromatic heterocycles. The van der Waals surface area contributed by atoms with Crippen molar-refractivity contribution in [1.82, 2.24) is 14.8 Å². The zero-order valence-electron chi connectivity index (χ0n) is 12.5. The maximum absolute atomic E-state index is 12.4.